The molecule has 1 fully saturated rings. The van der Waals surface area contributed by atoms with Crippen molar-refractivity contribution in [2.75, 3.05) is 11.9 Å². The maximum absolute atomic E-state index is 12.6. The van der Waals surface area contributed by atoms with Crippen LogP contribution in [-0.2, 0) is 20.7 Å². The van der Waals surface area contributed by atoms with Crippen LogP contribution >= 0.6 is 0 Å². The predicted molar refractivity (Wildman–Crippen MR) is 117 cm³/mol. The summed E-state index contributed by atoms with van der Waals surface area (Å²) in [6.07, 6.45) is 2.33. The molecule has 1 aliphatic heterocycles. The topological polar surface area (TPSA) is 84.9 Å². The van der Waals surface area contributed by atoms with Crippen LogP contribution in [0.2, 0.25) is 0 Å². The number of amides is 3. The predicted octanol–water partition coefficient (Wildman–Crippen LogP) is 4.64. The van der Waals surface area contributed by atoms with Gasteiger partial charge in [0.05, 0.1) is 6.04 Å². The van der Waals surface area contributed by atoms with E-state index in [0.717, 1.165) is 16.0 Å². The van der Waals surface area contributed by atoms with Crippen molar-refractivity contribution in [1.82, 2.24) is 4.90 Å². The summed E-state index contributed by atoms with van der Waals surface area (Å²) in [5.74, 6) is -0.431. The van der Waals surface area contributed by atoms with E-state index in [0.29, 0.717) is 12.1 Å². The van der Waals surface area contributed by atoms with Crippen molar-refractivity contribution in [1.29, 1.82) is 0 Å². The molecule has 0 bridgehead atoms. The standard InChI is InChI=1S/C24H26N2O5/c1-24(2,3)31-22(28)25-19-12-9-17(10-13-19)11-14-21(27)26-20(16-30-23(26)29)15-18-7-5-4-6-8-18/h4-14,20H,15-16H2,1-3H3,(H,25,28)/b14-11+/t20-/m1/s1. The lowest BCUT2D eigenvalue weighted by molar-refractivity contribution is -0.124. The average Bonchev–Trinajstić information content (AvgIpc) is 3.06. The maximum atomic E-state index is 12.6. The van der Waals surface area contributed by atoms with E-state index in [1.807, 2.05) is 30.3 Å². The van der Waals surface area contributed by atoms with Gasteiger partial charge in [0.1, 0.15) is 12.2 Å². The molecular weight excluding hydrogens is 396 g/mol. The molecule has 1 saturated heterocycles. The number of carbonyl (C=O) groups is 3. The van der Waals surface area contributed by atoms with Crippen LogP contribution in [0.3, 0.4) is 0 Å². The summed E-state index contributed by atoms with van der Waals surface area (Å²) in [6.45, 7) is 5.55. The lowest BCUT2D eigenvalue weighted by Crippen LogP contribution is -2.39. The summed E-state index contributed by atoms with van der Waals surface area (Å²) in [7, 11) is 0. The summed E-state index contributed by atoms with van der Waals surface area (Å²) in [5.41, 5.74) is 1.77. The van der Waals surface area contributed by atoms with Crippen molar-refractivity contribution in [2.45, 2.75) is 38.8 Å². The van der Waals surface area contributed by atoms with E-state index < -0.39 is 23.7 Å². The van der Waals surface area contributed by atoms with E-state index in [-0.39, 0.29) is 12.6 Å². The van der Waals surface area contributed by atoms with Crippen LogP contribution in [0.15, 0.2) is 60.7 Å². The number of rotatable bonds is 5. The summed E-state index contributed by atoms with van der Waals surface area (Å²) < 4.78 is 10.3. The van der Waals surface area contributed by atoms with Gasteiger partial charge in [-0.25, -0.2) is 14.5 Å². The summed E-state index contributed by atoms with van der Waals surface area (Å²) >= 11 is 0. The molecule has 1 N–H and O–H groups in total. The molecular formula is C24H26N2O5. The van der Waals surface area contributed by atoms with Gasteiger partial charge in [-0.2, -0.15) is 0 Å². The average molecular weight is 422 g/mol. The van der Waals surface area contributed by atoms with Crippen molar-refractivity contribution >= 4 is 29.9 Å². The molecule has 1 atom stereocenters. The fraction of sp³-hybridized carbons (Fsp3) is 0.292. The highest BCUT2D eigenvalue weighted by Gasteiger charge is 2.36. The fourth-order valence-corrected chi connectivity index (χ4v) is 3.11. The monoisotopic (exact) mass is 422 g/mol. The molecule has 0 aliphatic carbocycles. The van der Waals surface area contributed by atoms with Crippen molar-refractivity contribution in [3.63, 3.8) is 0 Å². The normalized spacial score (nSPS) is 16.3. The summed E-state index contributed by atoms with van der Waals surface area (Å²) in [4.78, 5) is 37.7. The van der Waals surface area contributed by atoms with E-state index in [4.69, 9.17) is 9.47 Å². The molecule has 162 valence electrons. The van der Waals surface area contributed by atoms with Crippen LogP contribution < -0.4 is 5.32 Å². The van der Waals surface area contributed by atoms with Crippen LogP contribution in [0.1, 0.15) is 31.9 Å². The van der Waals surface area contributed by atoms with Gasteiger partial charge in [0, 0.05) is 11.8 Å². The fourth-order valence-electron chi connectivity index (χ4n) is 3.11. The number of anilines is 1. The molecule has 7 nitrogen and oxygen atoms in total. The zero-order chi connectivity index (χ0) is 22.4. The van der Waals surface area contributed by atoms with E-state index in [9.17, 15) is 14.4 Å². The Morgan fingerprint density at radius 3 is 2.45 bits per heavy atom. The Balaban J connectivity index is 1.60. The second kappa shape index (κ2) is 9.47. The zero-order valence-electron chi connectivity index (χ0n) is 17.8. The van der Waals surface area contributed by atoms with Crippen molar-refractivity contribution in [2.24, 2.45) is 0 Å². The van der Waals surface area contributed by atoms with Gasteiger partial charge in [-0.05, 0) is 56.5 Å². The van der Waals surface area contributed by atoms with Crippen LogP contribution in [-0.4, -0.2) is 41.2 Å². The number of ether oxygens (including phenoxy) is 2. The quantitative estimate of drug-likeness (QED) is 0.710. The third-order valence-corrected chi connectivity index (χ3v) is 4.49. The number of benzene rings is 2. The highest BCUT2D eigenvalue weighted by Crippen LogP contribution is 2.19. The number of hydrogen-bond donors (Lipinski definition) is 1. The van der Waals surface area contributed by atoms with Crippen LogP contribution in [0.5, 0.6) is 0 Å². The Bertz CT molecular complexity index is 962. The Morgan fingerprint density at radius 2 is 1.81 bits per heavy atom. The van der Waals surface area contributed by atoms with E-state index in [1.54, 1.807) is 51.1 Å². The molecule has 7 heteroatoms. The molecule has 0 saturated carbocycles. The number of cyclic esters (lactones) is 1. The molecule has 0 aromatic heterocycles. The van der Waals surface area contributed by atoms with Crippen molar-refractivity contribution in [3.05, 3.63) is 71.8 Å². The largest absolute Gasteiger partial charge is 0.447 e. The number of nitrogens with zero attached hydrogens (tertiary/aromatic N) is 1. The zero-order valence-corrected chi connectivity index (χ0v) is 17.8. The molecule has 3 rings (SSSR count). The first-order chi connectivity index (χ1) is 14.7. The lowest BCUT2D eigenvalue weighted by Gasteiger charge is -2.19. The van der Waals surface area contributed by atoms with Crippen molar-refractivity contribution < 1.29 is 23.9 Å². The lowest BCUT2D eigenvalue weighted by atomic mass is 10.1. The van der Waals surface area contributed by atoms with Crippen LogP contribution in [0, 0.1) is 0 Å². The third kappa shape index (κ3) is 6.44. The number of carbonyl (C=O) groups excluding carboxylic acids is 3. The Hall–Kier alpha value is -3.61. The SMILES string of the molecule is CC(C)(C)OC(=O)Nc1ccc(/C=C/C(=O)N2C(=O)OC[C@H]2Cc2ccccc2)cc1. The molecule has 31 heavy (non-hydrogen) atoms. The highest BCUT2D eigenvalue weighted by molar-refractivity contribution is 6.02. The number of hydrogen-bond acceptors (Lipinski definition) is 5. The molecule has 3 amide bonds. The van der Waals surface area contributed by atoms with E-state index in [2.05, 4.69) is 5.32 Å². The molecule has 0 radical (unpaired) electrons. The molecule has 1 heterocycles. The Morgan fingerprint density at radius 1 is 1.13 bits per heavy atom. The summed E-state index contributed by atoms with van der Waals surface area (Å²) in [5, 5.41) is 2.65. The second-order valence-corrected chi connectivity index (χ2v) is 8.21. The first kappa shape index (κ1) is 22.1. The Labute approximate surface area is 181 Å². The summed E-state index contributed by atoms with van der Waals surface area (Å²) in [6, 6.07) is 16.2. The van der Waals surface area contributed by atoms with Crippen LogP contribution in [0.4, 0.5) is 15.3 Å². The van der Waals surface area contributed by atoms with Gasteiger partial charge >= 0.3 is 12.2 Å². The van der Waals surface area contributed by atoms with E-state index >= 15 is 0 Å². The van der Waals surface area contributed by atoms with Gasteiger partial charge in [-0.3, -0.25) is 10.1 Å². The van der Waals surface area contributed by atoms with Gasteiger partial charge in [0.2, 0.25) is 0 Å². The first-order valence-corrected chi connectivity index (χ1v) is 10.0. The first-order valence-electron chi connectivity index (χ1n) is 10.0. The van der Waals surface area contributed by atoms with Gasteiger partial charge < -0.3 is 9.47 Å². The molecule has 2 aromatic rings. The van der Waals surface area contributed by atoms with Crippen molar-refractivity contribution in [3.8, 4) is 0 Å². The van der Waals surface area contributed by atoms with E-state index in [1.165, 1.54) is 6.08 Å². The van der Waals surface area contributed by atoms with Gasteiger partial charge in [-0.15, -0.1) is 0 Å². The van der Waals surface area contributed by atoms with Crippen LogP contribution in [0.25, 0.3) is 6.08 Å². The molecule has 0 spiro atoms. The minimum atomic E-state index is -0.632. The van der Waals surface area contributed by atoms with Gasteiger partial charge in [0.15, 0.2) is 0 Å². The third-order valence-electron chi connectivity index (χ3n) is 4.49. The molecule has 1 aliphatic rings. The number of imide groups is 1. The minimum absolute atomic E-state index is 0.179. The highest BCUT2D eigenvalue weighted by atomic mass is 16.6. The maximum Gasteiger partial charge on any atom is 0.417 e. The smallest absolute Gasteiger partial charge is 0.417 e. The number of nitrogens with one attached hydrogen (secondary N) is 1. The Kier molecular flexibility index (Phi) is 6.74. The van der Waals surface area contributed by atoms with Gasteiger partial charge in [-0.1, -0.05) is 42.5 Å². The molecule has 0 unspecified atom stereocenters. The minimum Gasteiger partial charge on any atom is -0.447 e. The van der Waals surface area contributed by atoms with Gasteiger partial charge in [0.25, 0.3) is 5.91 Å². The molecule has 2 aromatic carbocycles. The second-order valence-electron chi connectivity index (χ2n) is 8.21.